The van der Waals surface area contributed by atoms with Gasteiger partial charge in [0.15, 0.2) is 0 Å². The van der Waals surface area contributed by atoms with Crippen molar-refractivity contribution >= 4 is 34.5 Å². The Hall–Kier alpha value is -1.77. The molecule has 0 aliphatic carbocycles. The first-order valence-corrected chi connectivity index (χ1v) is 12.2. The quantitative estimate of drug-likeness (QED) is 0.792. The maximum atomic E-state index is 13.3. The summed E-state index contributed by atoms with van der Waals surface area (Å²) in [6.07, 6.45) is 5.43. The Labute approximate surface area is 178 Å². The molecular weight excluding hydrogens is 404 g/mol. The maximum Gasteiger partial charge on any atom is 0.243 e. The van der Waals surface area contributed by atoms with Crippen LogP contribution in [0.2, 0.25) is 0 Å². The molecule has 5 rings (SSSR count). The molecule has 0 aromatic carbocycles. The number of carbonyl (C=O) groups is 2. The molecule has 0 saturated carbocycles. The van der Waals surface area contributed by atoms with E-state index in [-0.39, 0.29) is 29.8 Å². The van der Waals surface area contributed by atoms with Gasteiger partial charge in [0, 0.05) is 49.6 Å². The normalized spacial score (nSPS) is 29.5. The summed E-state index contributed by atoms with van der Waals surface area (Å²) in [6, 6.07) is 1.89. The first-order chi connectivity index (χ1) is 14.2. The van der Waals surface area contributed by atoms with Crippen LogP contribution in [0, 0.1) is 11.8 Å². The molecule has 3 aliphatic heterocycles. The van der Waals surface area contributed by atoms with Crippen LogP contribution >= 0.6 is 22.7 Å². The van der Waals surface area contributed by atoms with E-state index in [4.69, 9.17) is 0 Å². The molecule has 0 radical (unpaired) electrons. The van der Waals surface area contributed by atoms with Crippen LogP contribution in [0.5, 0.6) is 0 Å². The van der Waals surface area contributed by atoms with Crippen molar-refractivity contribution in [1.82, 2.24) is 20.1 Å². The predicted octanol–water partition coefficient (Wildman–Crippen LogP) is 2.72. The molecule has 3 fully saturated rings. The van der Waals surface area contributed by atoms with Gasteiger partial charge in [0.05, 0.1) is 6.54 Å². The number of hydrogen-bond acceptors (Lipinski definition) is 6. The Balaban J connectivity index is 1.36. The van der Waals surface area contributed by atoms with Crippen LogP contribution in [0.4, 0.5) is 0 Å². The molecule has 4 atom stereocenters. The van der Waals surface area contributed by atoms with Crippen LogP contribution in [0.3, 0.4) is 0 Å². The lowest BCUT2D eigenvalue weighted by atomic mass is 9.71. The van der Waals surface area contributed by atoms with Crippen LogP contribution < -0.4 is 5.32 Å². The summed E-state index contributed by atoms with van der Waals surface area (Å²) in [6.45, 7) is 3.22. The second kappa shape index (κ2) is 8.16. The van der Waals surface area contributed by atoms with E-state index >= 15 is 0 Å². The average molecular weight is 431 g/mol. The van der Waals surface area contributed by atoms with Gasteiger partial charge in [-0.15, -0.1) is 11.3 Å². The summed E-state index contributed by atoms with van der Waals surface area (Å²) >= 11 is 3.32. The zero-order chi connectivity index (χ0) is 19.8. The number of thiophene rings is 1. The fourth-order valence-electron chi connectivity index (χ4n) is 5.43. The van der Waals surface area contributed by atoms with Crippen LogP contribution in [0.25, 0.3) is 0 Å². The molecule has 8 heteroatoms. The highest BCUT2D eigenvalue weighted by atomic mass is 32.1. The number of piperidine rings is 3. The summed E-state index contributed by atoms with van der Waals surface area (Å²) in [5, 5.41) is 10.3. The van der Waals surface area contributed by atoms with Crippen LogP contribution in [-0.4, -0.2) is 51.8 Å². The Kier molecular flexibility index (Phi) is 5.41. The van der Waals surface area contributed by atoms with Crippen molar-refractivity contribution in [2.75, 3.05) is 13.1 Å². The maximum absolute atomic E-state index is 13.3. The first-order valence-electron chi connectivity index (χ1n) is 10.4. The molecule has 154 valence electrons. The number of hydrogen-bond donors (Lipinski definition) is 1. The van der Waals surface area contributed by atoms with E-state index in [1.807, 2.05) is 27.9 Å². The molecular formula is C21H26N4O2S2. The Bertz CT molecular complexity index is 854. The number of aromatic nitrogens is 1. The van der Waals surface area contributed by atoms with Crippen LogP contribution in [0.1, 0.15) is 36.3 Å². The van der Waals surface area contributed by atoms with Crippen molar-refractivity contribution < 1.29 is 9.59 Å². The second-order valence-corrected chi connectivity index (χ2v) is 10.2. The van der Waals surface area contributed by atoms with Crippen LogP contribution in [-0.2, 0) is 22.7 Å². The van der Waals surface area contributed by atoms with E-state index in [1.165, 1.54) is 0 Å². The van der Waals surface area contributed by atoms with Gasteiger partial charge in [-0.3, -0.25) is 14.5 Å². The lowest BCUT2D eigenvalue weighted by Crippen LogP contribution is -2.68. The van der Waals surface area contributed by atoms with Gasteiger partial charge in [-0.1, -0.05) is 0 Å². The number of thiazole rings is 1. The molecule has 0 spiro atoms. The summed E-state index contributed by atoms with van der Waals surface area (Å²) < 4.78 is 0. The topological polar surface area (TPSA) is 65.5 Å². The number of nitrogens with one attached hydrogen (secondary N) is 1. The number of rotatable bonds is 5. The molecule has 6 nitrogen and oxygen atoms in total. The molecule has 2 aromatic rings. The van der Waals surface area contributed by atoms with E-state index in [2.05, 4.69) is 20.6 Å². The minimum Gasteiger partial charge on any atom is -0.350 e. The predicted molar refractivity (Wildman–Crippen MR) is 113 cm³/mol. The highest BCUT2D eigenvalue weighted by Gasteiger charge is 2.51. The average Bonchev–Trinajstić information content (AvgIpc) is 3.41. The van der Waals surface area contributed by atoms with Crippen LogP contribution in [0.15, 0.2) is 28.4 Å². The summed E-state index contributed by atoms with van der Waals surface area (Å²) in [4.78, 5) is 35.0. The number of nitrogens with zero attached hydrogens (tertiary/aromatic N) is 3. The third-order valence-corrected chi connectivity index (χ3v) is 8.07. The first kappa shape index (κ1) is 19.2. The van der Waals surface area contributed by atoms with E-state index < -0.39 is 0 Å². The Morgan fingerprint density at radius 1 is 1.28 bits per heavy atom. The molecule has 3 aliphatic rings. The third kappa shape index (κ3) is 3.85. The highest BCUT2D eigenvalue weighted by Crippen LogP contribution is 2.42. The van der Waals surface area contributed by atoms with Crippen molar-refractivity contribution in [3.8, 4) is 0 Å². The van der Waals surface area contributed by atoms with E-state index in [1.54, 1.807) is 22.7 Å². The highest BCUT2D eigenvalue weighted by molar-refractivity contribution is 7.09. The number of likely N-dealkylation sites (tertiary alicyclic amines) is 1. The van der Waals surface area contributed by atoms with E-state index in [0.717, 1.165) is 49.5 Å². The van der Waals surface area contributed by atoms with Crippen molar-refractivity contribution in [2.45, 2.75) is 50.9 Å². The molecule has 2 bridgehead atoms. The summed E-state index contributed by atoms with van der Waals surface area (Å²) in [5.74, 6) is 0.823. The number of amides is 2. The second-order valence-electron chi connectivity index (χ2n) is 8.43. The molecule has 2 aromatic heterocycles. The monoisotopic (exact) mass is 430 g/mol. The van der Waals surface area contributed by atoms with Gasteiger partial charge in [0.1, 0.15) is 11.0 Å². The fraction of sp³-hybridized carbons (Fsp3) is 0.571. The molecule has 5 heterocycles. The fourth-order valence-corrected chi connectivity index (χ4v) is 6.76. The molecule has 29 heavy (non-hydrogen) atoms. The number of carbonyl (C=O) groups excluding carboxylic acids is 2. The van der Waals surface area contributed by atoms with Gasteiger partial charge < -0.3 is 10.2 Å². The van der Waals surface area contributed by atoms with Gasteiger partial charge in [-0.2, -0.15) is 11.3 Å². The minimum atomic E-state index is -0.346. The standard InChI is InChI=1S/C21H26N4O2S2/c26-19-3-1-2-17-15-8-16(11-24(10-15)12-18-22-5-7-29-18)20(25(17)19)21(27)23-9-14-4-6-28-13-14/h4-7,13,15-17,20H,1-3,8-12H2,(H,23,27)/t15-,16+,17+,20-/m1/s1. The van der Waals surface area contributed by atoms with Gasteiger partial charge in [0.2, 0.25) is 11.8 Å². The third-order valence-electron chi connectivity index (χ3n) is 6.57. The van der Waals surface area contributed by atoms with Crippen molar-refractivity contribution in [1.29, 1.82) is 0 Å². The Morgan fingerprint density at radius 2 is 2.17 bits per heavy atom. The van der Waals surface area contributed by atoms with Crippen molar-refractivity contribution in [2.24, 2.45) is 11.8 Å². The van der Waals surface area contributed by atoms with Gasteiger partial charge in [-0.25, -0.2) is 4.98 Å². The largest absolute Gasteiger partial charge is 0.350 e. The molecule has 0 unspecified atom stereocenters. The summed E-state index contributed by atoms with van der Waals surface area (Å²) in [7, 11) is 0. The lowest BCUT2D eigenvalue weighted by Gasteiger charge is -2.55. The van der Waals surface area contributed by atoms with Gasteiger partial charge in [-0.05, 0) is 47.6 Å². The lowest BCUT2D eigenvalue weighted by molar-refractivity contribution is -0.160. The van der Waals surface area contributed by atoms with Crippen molar-refractivity contribution in [3.05, 3.63) is 39.0 Å². The summed E-state index contributed by atoms with van der Waals surface area (Å²) in [5.41, 5.74) is 1.12. The molecule has 1 N–H and O–H groups in total. The molecule has 3 saturated heterocycles. The molecule has 2 amide bonds. The Morgan fingerprint density at radius 3 is 2.97 bits per heavy atom. The van der Waals surface area contributed by atoms with E-state index in [0.29, 0.717) is 18.9 Å². The zero-order valence-electron chi connectivity index (χ0n) is 16.3. The number of fused-ring (bicyclic) bond motifs is 4. The van der Waals surface area contributed by atoms with Crippen molar-refractivity contribution in [3.63, 3.8) is 0 Å². The van der Waals surface area contributed by atoms with Gasteiger partial charge in [0.25, 0.3) is 0 Å². The SMILES string of the molecule is O=C(NCc1ccsc1)[C@H]1[C@H]2C[C@H](CN(Cc3nccs3)C2)[C@@H]2CCCC(=O)N21. The van der Waals surface area contributed by atoms with Gasteiger partial charge >= 0.3 is 0 Å². The minimum absolute atomic E-state index is 0.0102. The smallest absolute Gasteiger partial charge is 0.243 e. The van der Waals surface area contributed by atoms with E-state index in [9.17, 15) is 9.59 Å². The zero-order valence-corrected chi connectivity index (χ0v) is 18.0.